The molecule has 90 valence electrons. The van der Waals surface area contributed by atoms with Crippen LogP contribution in [0.3, 0.4) is 0 Å². The summed E-state index contributed by atoms with van der Waals surface area (Å²) in [6.45, 7) is 12.1. The molecule has 4 heteroatoms. The number of aromatic nitrogens is 2. The van der Waals surface area contributed by atoms with Crippen LogP contribution >= 0.6 is 0 Å². The van der Waals surface area contributed by atoms with Crippen LogP contribution in [0.5, 0.6) is 0 Å². The first-order valence-corrected chi connectivity index (χ1v) is 6.03. The van der Waals surface area contributed by atoms with Gasteiger partial charge in [0.1, 0.15) is 5.82 Å². The number of imidazole rings is 1. The van der Waals surface area contributed by atoms with Crippen LogP contribution in [0.15, 0.2) is 12.4 Å². The van der Waals surface area contributed by atoms with E-state index in [1.807, 2.05) is 6.20 Å². The van der Waals surface area contributed by atoms with Crippen molar-refractivity contribution in [3.8, 4) is 0 Å². The molecule has 0 unspecified atom stereocenters. The molecule has 1 fully saturated rings. The summed E-state index contributed by atoms with van der Waals surface area (Å²) in [6.07, 6.45) is 3.93. The van der Waals surface area contributed by atoms with E-state index in [0.29, 0.717) is 0 Å². The molecule has 1 aliphatic rings. The standard InChI is InChI=1S/C12H22N4/c1-11-14-5-6-15(11)8-9-16-7-4-13-10-12(16,2)3/h5-6,13H,4,7-10H2,1-3H3. The van der Waals surface area contributed by atoms with Crippen LogP contribution in [0.25, 0.3) is 0 Å². The van der Waals surface area contributed by atoms with Gasteiger partial charge in [0.15, 0.2) is 0 Å². The van der Waals surface area contributed by atoms with E-state index >= 15 is 0 Å². The molecule has 2 heterocycles. The lowest BCUT2D eigenvalue weighted by Gasteiger charge is -2.42. The molecule has 0 radical (unpaired) electrons. The SMILES string of the molecule is Cc1nccn1CCN1CCNCC1(C)C. The highest BCUT2D eigenvalue weighted by atomic mass is 15.3. The minimum Gasteiger partial charge on any atom is -0.334 e. The second-order valence-electron chi connectivity index (χ2n) is 5.14. The first kappa shape index (κ1) is 11.6. The molecule has 0 saturated carbocycles. The molecule has 0 bridgehead atoms. The summed E-state index contributed by atoms with van der Waals surface area (Å²) in [6, 6.07) is 0. The van der Waals surface area contributed by atoms with E-state index in [4.69, 9.17) is 0 Å². The molecule has 1 N–H and O–H groups in total. The molecular weight excluding hydrogens is 200 g/mol. The predicted molar refractivity (Wildman–Crippen MR) is 65.5 cm³/mol. The predicted octanol–water partition coefficient (Wildman–Crippen LogP) is 0.875. The lowest BCUT2D eigenvalue weighted by atomic mass is 10.0. The zero-order chi connectivity index (χ0) is 11.6. The van der Waals surface area contributed by atoms with Gasteiger partial charge in [0.2, 0.25) is 0 Å². The van der Waals surface area contributed by atoms with Crippen molar-refractivity contribution < 1.29 is 0 Å². The van der Waals surface area contributed by atoms with Crippen molar-refractivity contribution in [1.29, 1.82) is 0 Å². The number of piperazine rings is 1. The van der Waals surface area contributed by atoms with Crippen LogP contribution in [0, 0.1) is 6.92 Å². The van der Waals surface area contributed by atoms with Crippen molar-refractivity contribution in [1.82, 2.24) is 19.8 Å². The fraction of sp³-hybridized carbons (Fsp3) is 0.750. The Morgan fingerprint density at radius 2 is 2.25 bits per heavy atom. The van der Waals surface area contributed by atoms with Gasteiger partial charge in [0.25, 0.3) is 0 Å². The van der Waals surface area contributed by atoms with Crippen LogP contribution in [0.4, 0.5) is 0 Å². The average Bonchev–Trinajstić information content (AvgIpc) is 2.62. The molecule has 0 atom stereocenters. The van der Waals surface area contributed by atoms with E-state index in [9.17, 15) is 0 Å². The number of rotatable bonds is 3. The van der Waals surface area contributed by atoms with Crippen LogP contribution in [-0.2, 0) is 6.54 Å². The fourth-order valence-electron chi connectivity index (χ4n) is 2.31. The summed E-state index contributed by atoms with van der Waals surface area (Å²) in [5.74, 6) is 1.10. The highest BCUT2D eigenvalue weighted by Gasteiger charge is 2.28. The molecule has 0 amide bonds. The first-order chi connectivity index (χ1) is 7.59. The molecule has 0 spiro atoms. The van der Waals surface area contributed by atoms with Crippen LogP contribution in [0.2, 0.25) is 0 Å². The van der Waals surface area contributed by atoms with Crippen molar-refractivity contribution in [2.45, 2.75) is 32.9 Å². The molecule has 1 saturated heterocycles. The van der Waals surface area contributed by atoms with Crippen molar-refractivity contribution in [2.24, 2.45) is 0 Å². The average molecular weight is 222 g/mol. The van der Waals surface area contributed by atoms with Gasteiger partial charge in [0.05, 0.1) is 0 Å². The molecule has 1 aliphatic heterocycles. The lowest BCUT2D eigenvalue weighted by Crippen LogP contribution is -2.58. The third-order valence-corrected chi connectivity index (χ3v) is 3.51. The van der Waals surface area contributed by atoms with E-state index in [2.05, 4.69) is 46.7 Å². The van der Waals surface area contributed by atoms with Gasteiger partial charge in [-0.1, -0.05) is 0 Å². The van der Waals surface area contributed by atoms with Gasteiger partial charge < -0.3 is 9.88 Å². The number of nitrogens with one attached hydrogen (secondary N) is 1. The molecular formula is C12H22N4. The second kappa shape index (κ2) is 4.55. The zero-order valence-electron chi connectivity index (χ0n) is 10.5. The molecule has 16 heavy (non-hydrogen) atoms. The van der Waals surface area contributed by atoms with Crippen LogP contribution in [0.1, 0.15) is 19.7 Å². The molecule has 4 nitrogen and oxygen atoms in total. The van der Waals surface area contributed by atoms with E-state index < -0.39 is 0 Å². The Morgan fingerprint density at radius 3 is 2.88 bits per heavy atom. The normalized spacial score (nSPS) is 21.2. The Bertz CT molecular complexity index is 343. The van der Waals surface area contributed by atoms with Gasteiger partial charge >= 0.3 is 0 Å². The summed E-state index contributed by atoms with van der Waals surface area (Å²) in [7, 11) is 0. The van der Waals surface area contributed by atoms with E-state index in [-0.39, 0.29) is 5.54 Å². The van der Waals surface area contributed by atoms with E-state index in [0.717, 1.165) is 38.5 Å². The van der Waals surface area contributed by atoms with Crippen molar-refractivity contribution in [3.63, 3.8) is 0 Å². The minimum atomic E-state index is 0.271. The maximum Gasteiger partial charge on any atom is 0.105 e. The smallest absolute Gasteiger partial charge is 0.105 e. The van der Waals surface area contributed by atoms with Gasteiger partial charge in [-0.05, 0) is 20.8 Å². The number of hydrogen-bond acceptors (Lipinski definition) is 3. The molecule has 1 aromatic rings. The molecule has 1 aromatic heterocycles. The van der Waals surface area contributed by atoms with Crippen molar-refractivity contribution >= 4 is 0 Å². The maximum atomic E-state index is 4.25. The summed E-state index contributed by atoms with van der Waals surface area (Å²) >= 11 is 0. The topological polar surface area (TPSA) is 33.1 Å². The number of hydrogen-bond donors (Lipinski definition) is 1. The third kappa shape index (κ3) is 2.44. The van der Waals surface area contributed by atoms with Crippen molar-refractivity contribution in [3.05, 3.63) is 18.2 Å². The van der Waals surface area contributed by atoms with Crippen LogP contribution < -0.4 is 5.32 Å². The highest BCUT2D eigenvalue weighted by molar-refractivity contribution is 4.91. The Kier molecular flexibility index (Phi) is 3.30. The summed E-state index contributed by atoms with van der Waals surface area (Å²) < 4.78 is 2.22. The Hall–Kier alpha value is -0.870. The van der Waals surface area contributed by atoms with Crippen molar-refractivity contribution in [2.75, 3.05) is 26.2 Å². The summed E-state index contributed by atoms with van der Waals surface area (Å²) in [4.78, 5) is 6.81. The van der Waals surface area contributed by atoms with Gasteiger partial charge in [0, 0.05) is 50.7 Å². The molecule has 0 aliphatic carbocycles. The Morgan fingerprint density at radius 1 is 1.44 bits per heavy atom. The molecule has 2 rings (SSSR count). The van der Waals surface area contributed by atoms with Gasteiger partial charge in [-0.25, -0.2) is 4.98 Å². The Balaban J connectivity index is 1.92. The zero-order valence-corrected chi connectivity index (χ0v) is 10.5. The molecule has 0 aromatic carbocycles. The fourth-order valence-corrected chi connectivity index (χ4v) is 2.31. The quantitative estimate of drug-likeness (QED) is 0.824. The summed E-state index contributed by atoms with van der Waals surface area (Å²) in [5.41, 5.74) is 0.271. The minimum absolute atomic E-state index is 0.271. The Labute approximate surface area is 97.7 Å². The lowest BCUT2D eigenvalue weighted by molar-refractivity contribution is 0.0865. The van der Waals surface area contributed by atoms with E-state index in [1.54, 1.807) is 0 Å². The monoisotopic (exact) mass is 222 g/mol. The third-order valence-electron chi connectivity index (χ3n) is 3.51. The number of aryl methyl sites for hydroxylation is 1. The highest BCUT2D eigenvalue weighted by Crippen LogP contribution is 2.15. The number of nitrogens with zero attached hydrogens (tertiary/aromatic N) is 3. The first-order valence-electron chi connectivity index (χ1n) is 6.03. The largest absolute Gasteiger partial charge is 0.334 e. The van der Waals surface area contributed by atoms with Gasteiger partial charge in [-0.2, -0.15) is 0 Å². The maximum absolute atomic E-state index is 4.25. The van der Waals surface area contributed by atoms with Gasteiger partial charge in [-0.15, -0.1) is 0 Å². The van der Waals surface area contributed by atoms with Gasteiger partial charge in [-0.3, -0.25) is 4.90 Å². The summed E-state index contributed by atoms with van der Waals surface area (Å²) in [5, 5.41) is 3.45. The van der Waals surface area contributed by atoms with E-state index in [1.165, 1.54) is 0 Å². The van der Waals surface area contributed by atoms with Crippen LogP contribution in [-0.4, -0.2) is 46.2 Å². The second-order valence-corrected chi connectivity index (χ2v) is 5.14.